The molecule has 6 nitrogen and oxygen atoms in total. The van der Waals surface area contributed by atoms with Crippen molar-refractivity contribution in [1.82, 2.24) is 5.32 Å². The van der Waals surface area contributed by atoms with E-state index in [2.05, 4.69) is 5.32 Å². The van der Waals surface area contributed by atoms with Gasteiger partial charge in [-0.05, 0) is 18.6 Å². The number of fused-ring (bicyclic) bond motifs is 1. The average molecular weight is 303 g/mol. The molecule has 1 heterocycles. The van der Waals surface area contributed by atoms with Gasteiger partial charge in [0.2, 0.25) is 17.7 Å². The number of rotatable bonds is 5. The van der Waals surface area contributed by atoms with Gasteiger partial charge in [0, 0.05) is 13.5 Å². The molecule has 0 saturated heterocycles. The van der Waals surface area contributed by atoms with E-state index in [1.807, 2.05) is 13.0 Å². The average Bonchev–Trinajstić information content (AvgIpc) is 2.50. The zero-order chi connectivity index (χ0) is 16.1. The maximum Gasteiger partial charge on any atom is 0.247 e. The van der Waals surface area contributed by atoms with E-state index < -0.39 is 0 Å². The normalized spacial score (nSPS) is 13.8. The van der Waals surface area contributed by atoms with E-state index >= 15 is 0 Å². The van der Waals surface area contributed by atoms with E-state index in [0.29, 0.717) is 17.9 Å². The van der Waals surface area contributed by atoms with E-state index in [1.54, 1.807) is 18.2 Å². The van der Waals surface area contributed by atoms with Crippen molar-refractivity contribution in [2.75, 3.05) is 29.4 Å². The van der Waals surface area contributed by atoms with Crippen molar-refractivity contribution < 1.29 is 14.4 Å². The molecule has 3 amide bonds. The molecule has 0 aromatic heterocycles. The van der Waals surface area contributed by atoms with Gasteiger partial charge in [-0.25, -0.2) is 0 Å². The van der Waals surface area contributed by atoms with Crippen molar-refractivity contribution in [3.8, 4) is 0 Å². The van der Waals surface area contributed by atoms with E-state index in [9.17, 15) is 14.4 Å². The molecule has 1 aliphatic rings. The molecule has 118 valence electrons. The van der Waals surface area contributed by atoms with Crippen LogP contribution in [0.5, 0.6) is 0 Å². The Labute approximate surface area is 130 Å². The molecule has 1 N–H and O–H groups in total. The van der Waals surface area contributed by atoms with Crippen LogP contribution in [-0.2, 0) is 14.4 Å². The van der Waals surface area contributed by atoms with Crippen LogP contribution in [0.4, 0.5) is 11.4 Å². The fourth-order valence-electron chi connectivity index (χ4n) is 2.42. The number of para-hydroxylation sites is 2. The lowest BCUT2D eigenvalue weighted by Gasteiger charge is -2.35. The minimum atomic E-state index is -0.250. The van der Waals surface area contributed by atoms with Crippen LogP contribution in [0.2, 0.25) is 0 Å². The molecule has 0 aliphatic carbocycles. The number of nitrogens with one attached hydrogen (secondary N) is 1. The summed E-state index contributed by atoms with van der Waals surface area (Å²) in [7, 11) is 0. The topological polar surface area (TPSA) is 69.7 Å². The van der Waals surface area contributed by atoms with Gasteiger partial charge in [0.15, 0.2) is 0 Å². The van der Waals surface area contributed by atoms with Gasteiger partial charge in [-0.3, -0.25) is 19.3 Å². The zero-order valence-corrected chi connectivity index (χ0v) is 13.0. The predicted octanol–water partition coefficient (Wildman–Crippen LogP) is 1.30. The number of unbranched alkanes of at least 4 members (excludes halogenated alkanes) is 1. The monoisotopic (exact) mass is 303 g/mol. The van der Waals surface area contributed by atoms with Crippen molar-refractivity contribution in [3.05, 3.63) is 24.3 Å². The van der Waals surface area contributed by atoms with E-state index in [-0.39, 0.29) is 30.8 Å². The van der Waals surface area contributed by atoms with Crippen LogP contribution in [0.25, 0.3) is 0 Å². The number of carbonyl (C=O) groups is 3. The summed E-state index contributed by atoms with van der Waals surface area (Å²) >= 11 is 0. The van der Waals surface area contributed by atoms with Crippen LogP contribution in [0, 0.1) is 0 Å². The molecule has 1 aromatic rings. The third-order valence-electron chi connectivity index (χ3n) is 3.59. The van der Waals surface area contributed by atoms with Gasteiger partial charge >= 0.3 is 0 Å². The van der Waals surface area contributed by atoms with Crippen molar-refractivity contribution in [1.29, 1.82) is 0 Å². The Morgan fingerprint density at radius 2 is 1.91 bits per heavy atom. The van der Waals surface area contributed by atoms with Crippen LogP contribution >= 0.6 is 0 Å². The van der Waals surface area contributed by atoms with Crippen molar-refractivity contribution in [2.24, 2.45) is 0 Å². The molecule has 6 heteroatoms. The molecule has 0 bridgehead atoms. The lowest BCUT2D eigenvalue weighted by atomic mass is 10.1. The first-order chi connectivity index (χ1) is 10.5. The van der Waals surface area contributed by atoms with Crippen molar-refractivity contribution >= 4 is 29.1 Å². The molecule has 0 spiro atoms. The molecule has 0 fully saturated rings. The minimum Gasteiger partial charge on any atom is -0.355 e. The molecule has 1 aromatic carbocycles. The highest BCUT2D eigenvalue weighted by atomic mass is 16.2. The van der Waals surface area contributed by atoms with Gasteiger partial charge in [-0.1, -0.05) is 25.5 Å². The van der Waals surface area contributed by atoms with E-state index in [0.717, 1.165) is 12.8 Å². The number of anilines is 2. The number of hydrogen-bond donors (Lipinski definition) is 1. The third kappa shape index (κ3) is 3.44. The first kappa shape index (κ1) is 16.0. The smallest absolute Gasteiger partial charge is 0.247 e. The summed E-state index contributed by atoms with van der Waals surface area (Å²) in [5.74, 6) is -0.625. The summed E-state index contributed by atoms with van der Waals surface area (Å²) in [5, 5.41) is 2.80. The SMILES string of the molecule is CCCCNC(=O)CN1C(=O)CN(C(C)=O)c2ccccc21. The van der Waals surface area contributed by atoms with Crippen LogP contribution in [0.1, 0.15) is 26.7 Å². The van der Waals surface area contributed by atoms with Gasteiger partial charge in [0.25, 0.3) is 0 Å². The Morgan fingerprint density at radius 1 is 1.23 bits per heavy atom. The second-order valence-corrected chi connectivity index (χ2v) is 5.28. The van der Waals surface area contributed by atoms with Gasteiger partial charge < -0.3 is 10.2 Å². The maximum atomic E-state index is 12.3. The lowest BCUT2D eigenvalue weighted by molar-refractivity contribution is -0.124. The summed E-state index contributed by atoms with van der Waals surface area (Å²) in [4.78, 5) is 38.8. The van der Waals surface area contributed by atoms with Crippen LogP contribution in [-0.4, -0.2) is 37.4 Å². The Hall–Kier alpha value is -2.37. The van der Waals surface area contributed by atoms with Gasteiger partial charge in [0.1, 0.15) is 13.1 Å². The fraction of sp³-hybridized carbons (Fsp3) is 0.438. The largest absolute Gasteiger partial charge is 0.355 e. The van der Waals surface area contributed by atoms with Crippen LogP contribution in [0.15, 0.2) is 24.3 Å². The fourth-order valence-corrected chi connectivity index (χ4v) is 2.42. The Balaban J connectivity index is 2.18. The molecule has 0 atom stereocenters. The van der Waals surface area contributed by atoms with Gasteiger partial charge in [0.05, 0.1) is 11.4 Å². The second kappa shape index (κ2) is 7.06. The first-order valence-electron chi connectivity index (χ1n) is 7.48. The number of amides is 3. The van der Waals surface area contributed by atoms with Gasteiger partial charge in [-0.2, -0.15) is 0 Å². The minimum absolute atomic E-state index is 0.0225. The molecule has 22 heavy (non-hydrogen) atoms. The molecule has 0 unspecified atom stereocenters. The summed E-state index contributed by atoms with van der Waals surface area (Å²) in [6.45, 7) is 4.03. The molecular formula is C16H21N3O3. The van der Waals surface area contributed by atoms with Crippen molar-refractivity contribution in [2.45, 2.75) is 26.7 Å². The van der Waals surface area contributed by atoms with Crippen LogP contribution < -0.4 is 15.1 Å². The molecule has 1 aliphatic heterocycles. The number of nitrogens with zero attached hydrogens (tertiary/aromatic N) is 2. The quantitative estimate of drug-likeness (QED) is 0.834. The Morgan fingerprint density at radius 3 is 2.55 bits per heavy atom. The highest BCUT2D eigenvalue weighted by Gasteiger charge is 2.31. The number of carbonyl (C=O) groups excluding carboxylic acids is 3. The summed E-state index contributed by atoms with van der Waals surface area (Å²) in [6, 6.07) is 7.13. The van der Waals surface area contributed by atoms with E-state index in [1.165, 1.54) is 16.7 Å². The maximum absolute atomic E-state index is 12.3. The Kier molecular flexibility index (Phi) is 5.14. The predicted molar refractivity (Wildman–Crippen MR) is 84.7 cm³/mol. The molecule has 0 radical (unpaired) electrons. The molecule has 2 rings (SSSR count). The first-order valence-corrected chi connectivity index (χ1v) is 7.48. The number of hydrogen-bond acceptors (Lipinski definition) is 3. The summed E-state index contributed by atoms with van der Waals surface area (Å²) < 4.78 is 0. The van der Waals surface area contributed by atoms with Crippen molar-refractivity contribution in [3.63, 3.8) is 0 Å². The molecule has 0 saturated carbocycles. The highest BCUT2D eigenvalue weighted by molar-refractivity contribution is 6.12. The standard InChI is InChI=1S/C16H21N3O3/c1-3-4-9-17-15(21)10-19-14-8-6-5-7-13(14)18(12(2)20)11-16(19)22/h5-8H,3-4,9-11H2,1-2H3,(H,17,21). The lowest BCUT2D eigenvalue weighted by Crippen LogP contribution is -2.50. The number of benzene rings is 1. The summed E-state index contributed by atoms with van der Waals surface area (Å²) in [6.07, 6.45) is 1.91. The molecular weight excluding hydrogens is 282 g/mol. The third-order valence-corrected chi connectivity index (χ3v) is 3.59. The zero-order valence-electron chi connectivity index (χ0n) is 13.0. The second-order valence-electron chi connectivity index (χ2n) is 5.28. The van der Waals surface area contributed by atoms with E-state index in [4.69, 9.17) is 0 Å². The highest BCUT2D eigenvalue weighted by Crippen LogP contribution is 2.33. The van der Waals surface area contributed by atoms with Gasteiger partial charge in [-0.15, -0.1) is 0 Å². The summed E-state index contributed by atoms with van der Waals surface area (Å²) in [5.41, 5.74) is 1.26. The Bertz CT molecular complexity index is 586. The van der Waals surface area contributed by atoms with Crippen LogP contribution in [0.3, 0.4) is 0 Å².